The lowest BCUT2D eigenvalue weighted by Gasteiger charge is -2.32. The van der Waals surface area contributed by atoms with E-state index < -0.39 is 0 Å². The zero-order valence-electron chi connectivity index (χ0n) is 42.2. The Morgan fingerprint density at radius 3 is 1.59 bits per heavy atom. The van der Waals surface area contributed by atoms with Gasteiger partial charge < -0.3 is 13.7 Å². The van der Waals surface area contributed by atoms with E-state index >= 15 is 0 Å². The molecule has 3 heteroatoms. The van der Waals surface area contributed by atoms with E-state index in [-0.39, 0.29) is 16.2 Å². The molecule has 12 aromatic rings. The molecule has 0 unspecified atom stereocenters. The van der Waals surface area contributed by atoms with Gasteiger partial charge in [0.05, 0.1) is 0 Å². The average molecular weight is 940 g/mol. The Hall–Kier alpha value is -8.40. The van der Waals surface area contributed by atoms with Crippen molar-refractivity contribution in [3.63, 3.8) is 0 Å². The number of aryl methyl sites for hydroxylation is 1. The molecule has 0 saturated carbocycles. The molecule has 0 bridgehead atoms. The number of rotatable bonds is 5. The zero-order chi connectivity index (χ0) is 49.3. The molecule has 0 aliphatic heterocycles. The highest BCUT2D eigenvalue weighted by atomic mass is 16.3. The van der Waals surface area contributed by atoms with Gasteiger partial charge in [-0.05, 0) is 139 Å². The van der Waals surface area contributed by atoms with E-state index in [1.807, 2.05) is 0 Å². The molecule has 2 aromatic heterocycles. The second-order valence-corrected chi connectivity index (χ2v) is 22.4. The molecule has 0 N–H and O–H groups in total. The van der Waals surface area contributed by atoms with Crippen molar-refractivity contribution in [3.05, 3.63) is 233 Å². The third-order valence-corrected chi connectivity index (χ3v) is 17.2. The number of furan rings is 2. The molecule has 0 radical (unpaired) electrons. The first kappa shape index (κ1) is 42.3. The van der Waals surface area contributed by atoms with E-state index in [0.717, 1.165) is 55.9 Å². The first-order valence-corrected chi connectivity index (χ1v) is 25.8. The quantitative estimate of drug-likeness (QED) is 0.172. The highest BCUT2D eigenvalue weighted by molar-refractivity contribution is 6.21. The minimum Gasteiger partial charge on any atom is -0.455 e. The minimum atomic E-state index is -0.344. The van der Waals surface area contributed by atoms with Crippen molar-refractivity contribution in [2.75, 3.05) is 4.90 Å². The van der Waals surface area contributed by atoms with Crippen LogP contribution in [-0.4, -0.2) is 0 Å². The summed E-state index contributed by atoms with van der Waals surface area (Å²) >= 11 is 0. The predicted molar refractivity (Wildman–Crippen MR) is 304 cm³/mol. The van der Waals surface area contributed by atoms with Gasteiger partial charge in [-0.15, -0.1) is 0 Å². The smallest absolute Gasteiger partial charge is 0.144 e. The van der Waals surface area contributed by atoms with E-state index in [4.69, 9.17) is 8.83 Å². The summed E-state index contributed by atoms with van der Waals surface area (Å²) in [7, 11) is 0. The maximum atomic E-state index is 7.02. The second-order valence-electron chi connectivity index (χ2n) is 22.4. The molecule has 0 amide bonds. The summed E-state index contributed by atoms with van der Waals surface area (Å²) in [5.41, 5.74) is 27.8. The van der Waals surface area contributed by atoms with Gasteiger partial charge in [0, 0.05) is 66.0 Å². The third-order valence-electron chi connectivity index (χ3n) is 17.2. The molecule has 15 rings (SSSR count). The molecule has 0 fully saturated rings. The van der Waals surface area contributed by atoms with Crippen LogP contribution in [-0.2, 0) is 16.2 Å². The first-order chi connectivity index (χ1) is 35.4. The first-order valence-electron chi connectivity index (χ1n) is 25.8. The molecule has 350 valence electrons. The number of hydrogen-bond donors (Lipinski definition) is 0. The molecule has 0 atom stereocenters. The third kappa shape index (κ3) is 5.65. The minimum absolute atomic E-state index is 0.237. The van der Waals surface area contributed by atoms with Crippen LogP contribution < -0.4 is 4.90 Å². The molecule has 3 aliphatic rings. The fourth-order valence-corrected chi connectivity index (χ4v) is 13.7. The van der Waals surface area contributed by atoms with Gasteiger partial charge in [0.15, 0.2) is 0 Å². The van der Waals surface area contributed by atoms with Crippen LogP contribution >= 0.6 is 0 Å². The van der Waals surface area contributed by atoms with Crippen LogP contribution in [0.3, 0.4) is 0 Å². The van der Waals surface area contributed by atoms with E-state index in [0.29, 0.717) is 0 Å². The van der Waals surface area contributed by atoms with Crippen LogP contribution in [0.25, 0.3) is 99.5 Å². The Morgan fingerprint density at radius 2 is 0.877 bits per heavy atom. The van der Waals surface area contributed by atoms with E-state index in [2.05, 4.69) is 247 Å². The fraction of sp³-hybridized carbons (Fsp3) is 0.143. The van der Waals surface area contributed by atoms with Crippen molar-refractivity contribution in [1.82, 2.24) is 0 Å². The Kier molecular flexibility index (Phi) is 8.47. The average Bonchev–Trinajstić information content (AvgIpc) is 4.17. The monoisotopic (exact) mass is 939 g/mol. The Bertz CT molecular complexity index is 4350. The van der Waals surface area contributed by atoms with Crippen molar-refractivity contribution in [2.24, 2.45) is 0 Å². The molecule has 2 heterocycles. The van der Waals surface area contributed by atoms with E-state index in [1.165, 1.54) is 99.6 Å². The predicted octanol–water partition coefficient (Wildman–Crippen LogP) is 19.5. The summed E-state index contributed by atoms with van der Waals surface area (Å²) in [6.07, 6.45) is 0. The number of benzene rings is 10. The summed E-state index contributed by atoms with van der Waals surface area (Å²) in [5, 5.41) is 4.72. The lowest BCUT2D eigenvalue weighted by molar-refractivity contribution is 0.600. The SMILES string of the molecule is Cc1ccc(-c2cc3c(c4c2oc2ccccc24)-c2ccc(N(c4cccc(-c5ccccc5)c4)c4ccc5c(c4)C(C)(C)c4c6c(c7oc8ccccc8c7c4-5)-c4ccccc4C6(C)C)cc2C3(C)C)cc1. The normalized spacial score (nSPS) is 15.1. The van der Waals surface area contributed by atoms with Gasteiger partial charge in [0.1, 0.15) is 22.3 Å². The van der Waals surface area contributed by atoms with Gasteiger partial charge in [-0.2, -0.15) is 0 Å². The van der Waals surface area contributed by atoms with E-state index in [1.54, 1.807) is 0 Å². The van der Waals surface area contributed by atoms with Crippen molar-refractivity contribution < 1.29 is 8.83 Å². The van der Waals surface area contributed by atoms with Crippen LogP contribution in [0.4, 0.5) is 17.1 Å². The van der Waals surface area contributed by atoms with Gasteiger partial charge in [-0.3, -0.25) is 0 Å². The maximum Gasteiger partial charge on any atom is 0.144 e. The highest BCUT2D eigenvalue weighted by Crippen LogP contribution is 2.64. The molecule has 73 heavy (non-hydrogen) atoms. The van der Waals surface area contributed by atoms with Gasteiger partial charge in [0.25, 0.3) is 0 Å². The largest absolute Gasteiger partial charge is 0.455 e. The topological polar surface area (TPSA) is 29.5 Å². The molecule has 3 nitrogen and oxygen atoms in total. The molecule has 3 aliphatic carbocycles. The van der Waals surface area contributed by atoms with Gasteiger partial charge >= 0.3 is 0 Å². The van der Waals surface area contributed by atoms with Crippen LogP contribution in [0.2, 0.25) is 0 Å². The standard InChI is InChI=1S/C70H53NO2/c1-40-28-30-42(31-29-40)52-39-56-59(61-50-23-12-15-26-57(50)72-66(52)61)48-34-32-45(37-54(48)68(56,2)3)71(44-21-17-20-43(36-44)41-18-9-8-10-19-41)46-33-35-49-55(38-46)70(6,7)64-60(49)62-51-24-13-16-27-58(51)73-67(62)63-47-22-11-14-25-53(47)69(4,5)65(63)64/h8-39H,1-7H3. The van der Waals surface area contributed by atoms with Crippen LogP contribution in [0.15, 0.2) is 203 Å². The van der Waals surface area contributed by atoms with Gasteiger partial charge in [-0.1, -0.05) is 187 Å². The van der Waals surface area contributed by atoms with Crippen molar-refractivity contribution in [3.8, 4) is 55.6 Å². The molecular weight excluding hydrogens is 887 g/mol. The number of hydrogen-bond acceptors (Lipinski definition) is 3. The summed E-state index contributed by atoms with van der Waals surface area (Å²) < 4.78 is 13.9. The number of para-hydroxylation sites is 2. The second kappa shape index (κ2) is 14.6. The van der Waals surface area contributed by atoms with Crippen LogP contribution in [0.1, 0.15) is 80.5 Å². The summed E-state index contributed by atoms with van der Waals surface area (Å²) in [6, 6.07) is 71.8. The summed E-state index contributed by atoms with van der Waals surface area (Å²) in [5.74, 6) is 0. The number of nitrogens with zero attached hydrogens (tertiary/aromatic N) is 1. The van der Waals surface area contributed by atoms with Crippen molar-refractivity contribution in [1.29, 1.82) is 0 Å². The van der Waals surface area contributed by atoms with Crippen molar-refractivity contribution >= 4 is 60.9 Å². The number of anilines is 3. The summed E-state index contributed by atoms with van der Waals surface area (Å²) in [6.45, 7) is 16.7. The Balaban J connectivity index is 0.961. The highest BCUT2D eigenvalue weighted by Gasteiger charge is 2.49. The van der Waals surface area contributed by atoms with Gasteiger partial charge in [0.2, 0.25) is 0 Å². The molecular formula is C70H53NO2. The Labute approximate surface area is 426 Å². The molecule has 0 spiro atoms. The summed E-state index contributed by atoms with van der Waals surface area (Å²) in [4.78, 5) is 2.50. The zero-order valence-corrected chi connectivity index (χ0v) is 42.2. The lowest BCUT2D eigenvalue weighted by atomic mass is 9.72. The lowest BCUT2D eigenvalue weighted by Crippen LogP contribution is -2.24. The van der Waals surface area contributed by atoms with Crippen LogP contribution in [0.5, 0.6) is 0 Å². The van der Waals surface area contributed by atoms with Crippen LogP contribution in [0, 0.1) is 6.92 Å². The Morgan fingerprint density at radius 1 is 0.342 bits per heavy atom. The number of fused-ring (bicyclic) bond motifs is 19. The van der Waals surface area contributed by atoms with Crippen molar-refractivity contribution in [2.45, 2.75) is 64.7 Å². The molecule has 10 aromatic carbocycles. The maximum absolute atomic E-state index is 7.02. The van der Waals surface area contributed by atoms with E-state index in [9.17, 15) is 0 Å². The fourth-order valence-electron chi connectivity index (χ4n) is 13.7. The molecule has 0 saturated heterocycles. The van der Waals surface area contributed by atoms with Gasteiger partial charge in [-0.25, -0.2) is 0 Å².